The van der Waals surface area contributed by atoms with Crippen LogP contribution in [0.15, 0.2) is 0 Å². The molecule has 0 amide bonds. The summed E-state index contributed by atoms with van der Waals surface area (Å²) in [7, 11) is -3.04. The van der Waals surface area contributed by atoms with E-state index >= 15 is 0 Å². The fourth-order valence-electron chi connectivity index (χ4n) is 2.24. The molecule has 0 spiro atoms. The van der Waals surface area contributed by atoms with E-state index in [-0.39, 0.29) is 11.8 Å². The van der Waals surface area contributed by atoms with Crippen LogP contribution in [-0.4, -0.2) is 42.5 Å². The molecule has 0 saturated heterocycles. The van der Waals surface area contributed by atoms with Crippen molar-refractivity contribution >= 4 is 32.3 Å². The first-order valence-electron chi connectivity index (χ1n) is 5.93. The lowest BCUT2D eigenvalue weighted by atomic mass is 10.1. The average molecular weight is 304 g/mol. The Bertz CT molecular complexity index is 594. The van der Waals surface area contributed by atoms with Gasteiger partial charge >= 0.3 is 5.97 Å². The van der Waals surface area contributed by atoms with Gasteiger partial charge in [0, 0.05) is 17.2 Å². The van der Waals surface area contributed by atoms with Crippen LogP contribution in [0.2, 0.25) is 0 Å². The van der Waals surface area contributed by atoms with Crippen LogP contribution in [0, 0.1) is 0 Å². The molecule has 0 bridgehead atoms. The monoisotopic (exact) mass is 304 g/mol. The SMILES string of the molecule is CC(CS(C)(=O)=O)Nc1nc2c(s1)CCC2C(=O)O. The molecule has 0 aromatic carbocycles. The van der Waals surface area contributed by atoms with E-state index in [1.54, 1.807) is 6.92 Å². The van der Waals surface area contributed by atoms with E-state index in [0.29, 0.717) is 17.2 Å². The molecule has 2 N–H and O–H groups in total. The van der Waals surface area contributed by atoms with Gasteiger partial charge in [0.15, 0.2) is 5.13 Å². The first-order chi connectivity index (χ1) is 8.76. The quantitative estimate of drug-likeness (QED) is 0.845. The number of aliphatic carboxylic acids is 1. The molecule has 0 aliphatic heterocycles. The highest BCUT2D eigenvalue weighted by Crippen LogP contribution is 2.38. The molecule has 0 fully saturated rings. The zero-order valence-electron chi connectivity index (χ0n) is 10.7. The van der Waals surface area contributed by atoms with Crippen molar-refractivity contribution in [1.82, 2.24) is 4.98 Å². The largest absolute Gasteiger partial charge is 0.481 e. The van der Waals surface area contributed by atoms with Gasteiger partial charge in [-0.15, -0.1) is 11.3 Å². The van der Waals surface area contributed by atoms with Crippen molar-refractivity contribution in [2.24, 2.45) is 0 Å². The van der Waals surface area contributed by atoms with E-state index in [1.165, 1.54) is 17.6 Å². The van der Waals surface area contributed by atoms with Gasteiger partial charge in [0.05, 0.1) is 11.4 Å². The van der Waals surface area contributed by atoms with Crippen LogP contribution in [0.1, 0.15) is 29.8 Å². The number of hydrogen-bond acceptors (Lipinski definition) is 6. The minimum absolute atomic E-state index is 0.0274. The lowest BCUT2D eigenvalue weighted by Crippen LogP contribution is -2.25. The summed E-state index contributed by atoms with van der Waals surface area (Å²) in [6.07, 6.45) is 2.52. The van der Waals surface area contributed by atoms with Crippen LogP contribution >= 0.6 is 11.3 Å². The molecule has 1 heterocycles. The third kappa shape index (κ3) is 3.44. The molecule has 6 nitrogen and oxygen atoms in total. The molecule has 1 aliphatic rings. The molecule has 0 saturated carbocycles. The van der Waals surface area contributed by atoms with Crippen molar-refractivity contribution in [2.75, 3.05) is 17.3 Å². The Morgan fingerprint density at radius 1 is 1.63 bits per heavy atom. The minimum Gasteiger partial charge on any atom is -0.481 e. The number of nitrogens with one attached hydrogen (secondary N) is 1. The molecule has 1 aromatic rings. The van der Waals surface area contributed by atoms with E-state index in [2.05, 4.69) is 10.3 Å². The van der Waals surface area contributed by atoms with Gasteiger partial charge in [0.1, 0.15) is 15.8 Å². The summed E-state index contributed by atoms with van der Waals surface area (Å²) in [4.78, 5) is 16.3. The maximum atomic E-state index is 11.2. The fourth-order valence-corrected chi connectivity index (χ4v) is 4.38. The van der Waals surface area contributed by atoms with Crippen LogP contribution < -0.4 is 5.32 Å². The normalized spacial score (nSPS) is 20.0. The number of carbonyl (C=O) groups is 1. The van der Waals surface area contributed by atoms with Crippen LogP contribution in [-0.2, 0) is 21.1 Å². The smallest absolute Gasteiger partial charge is 0.312 e. The predicted molar refractivity (Wildman–Crippen MR) is 73.6 cm³/mol. The number of fused-ring (bicyclic) bond motifs is 1. The highest BCUT2D eigenvalue weighted by atomic mass is 32.2. The Labute approximate surface area is 115 Å². The average Bonchev–Trinajstić information content (AvgIpc) is 2.71. The molecule has 1 aliphatic carbocycles. The molecular formula is C11H16N2O4S2. The molecule has 2 rings (SSSR count). The third-order valence-corrected chi connectivity index (χ3v) is 5.11. The second-order valence-corrected chi connectivity index (χ2v) is 8.16. The van der Waals surface area contributed by atoms with Gasteiger partial charge < -0.3 is 10.4 Å². The van der Waals surface area contributed by atoms with Crippen LogP contribution in [0.3, 0.4) is 0 Å². The molecule has 0 radical (unpaired) electrons. The zero-order valence-corrected chi connectivity index (χ0v) is 12.3. The summed E-state index contributed by atoms with van der Waals surface area (Å²) in [5, 5.41) is 12.7. The maximum absolute atomic E-state index is 11.2. The van der Waals surface area contributed by atoms with Gasteiger partial charge in [-0.2, -0.15) is 0 Å². The Morgan fingerprint density at radius 3 is 2.89 bits per heavy atom. The number of aromatic nitrogens is 1. The number of nitrogens with zero attached hydrogens (tertiary/aromatic N) is 1. The number of anilines is 1. The van der Waals surface area contributed by atoms with E-state index in [1.807, 2.05) is 0 Å². The van der Waals surface area contributed by atoms with Crippen molar-refractivity contribution in [3.63, 3.8) is 0 Å². The van der Waals surface area contributed by atoms with Gasteiger partial charge in [-0.3, -0.25) is 4.79 Å². The van der Waals surface area contributed by atoms with Gasteiger partial charge in [0.2, 0.25) is 0 Å². The Kier molecular flexibility index (Phi) is 3.82. The second kappa shape index (κ2) is 5.09. The van der Waals surface area contributed by atoms with E-state index in [0.717, 1.165) is 11.3 Å². The molecule has 8 heteroatoms. The minimum atomic E-state index is -3.04. The molecule has 1 aromatic heterocycles. The third-order valence-electron chi connectivity index (χ3n) is 2.94. The van der Waals surface area contributed by atoms with Crippen molar-refractivity contribution in [3.8, 4) is 0 Å². The number of carboxylic acids is 1. The standard InChI is InChI=1S/C11H16N2O4S2/c1-6(5-19(2,16)17)12-11-13-9-7(10(14)15)3-4-8(9)18-11/h6-7H,3-5H2,1-2H3,(H,12,13)(H,14,15). The summed E-state index contributed by atoms with van der Waals surface area (Å²) in [5.74, 6) is -1.34. The molecular weight excluding hydrogens is 288 g/mol. The highest BCUT2D eigenvalue weighted by molar-refractivity contribution is 7.90. The van der Waals surface area contributed by atoms with Gasteiger partial charge in [-0.1, -0.05) is 0 Å². The molecule has 2 atom stereocenters. The number of rotatable bonds is 5. The van der Waals surface area contributed by atoms with Crippen LogP contribution in [0.4, 0.5) is 5.13 Å². The summed E-state index contributed by atoms with van der Waals surface area (Å²) in [6, 6.07) is -0.246. The first-order valence-corrected chi connectivity index (χ1v) is 8.80. The van der Waals surface area contributed by atoms with Crippen LogP contribution in [0.25, 0.3) is 0 Å². The van der Waals surface area contributed by atoms with Crippen molar-refractivity contribution in [2.45, 2.75) is 31.7 Å². The predicted octanol–water partition coefficient (Wildman–Crippen LogP) is 1.10. The summed E-state index contributed by atoms with van der Waals surface area (Å²) in [6.45, 7) is 1.77. The van der Waals surface area contributed by atoms with E-state index < -0.39 is 21.7 Å². The number of thiazole rings is 1. The Morgan fingerprint density at radius 2 is 2.32 bits per heavy atom. The lowest BCUT2D eigenvalue weighted by Gasteiger charge is -2.11. The zero-order chi connectivity index (χ0) is 14.2. The van der Waals surface area contributed by atoms with E-state index in [4.69, 9.17) is 5.11 Å². The van der Waals surface area contributed by atoms with Gasteiger partial charge in [-0.05, 0) is 19.8 Å². The van der Waals surface area contributed by atoms with Crippen molar-refractivity contribution in [3.05, 3.63) is 10.6 Å². The maximum Gasteiger partial charge on any atom is 0.312 e. The van der Waals surface area contributed by atoms with Crippen LogP contribution in [0.5, 0.6) is 0 Å². The summed E-state index contributed by atoms with van der Waals surface area (Å²) >= 11 is 1.42. The summed E-state index contributed by atoms with van der Waals surface area (Å²) < 4.78 is 22.4. The van der Waals surface area contributed by atoms with Gasteiger partial charge in [-0.25, -0.2) is 13.4 Å². The van der Waals surface area contributed by atoms with Crippen molar-refractivity contribution < 1.29 is 18.3 Å². The molecule has 19 heavy (non-hydrogen) atoms. The lowest BCUT2D eigenvalue weighted by molar-refractivity contribution is -0.138. The highest BCUT2D eigenvalue weighted by Gasteiger charge is 2.32. The summed E-state index contributed by atoms with van der Waals surface area (Å²) in [5.41, 5.74) is 0.631. The Balaban J connectivity index is 2.08. The van der Waals surface area contributed by atoms with Gasteiger partial charge in [0.25, 0.3) is 0 Å². The second-order valence-electron chi connectivity index (χ2n) is 4.89. The topological polar surface area (TPSA) is 96.4 Å². The first kappa shape index (κ1) is 14.3. The number of hydrogen-bond donors (Lipinski definition) is 2. The number of carboxylic acid groups (broad SMARTS) is 1. The van der Waals surface area contributed by atoms with Crippen molar-refractivity contribution in [1.29, 1.82) is 0 Å². The number of sulfone groups is 1. The molecule has 106 valence electrons. The Hall–Kier alpha value is -1.15. The fraction of sp³-hybridized carbons (Fsp3) is 0.636. The number of aryl methyl sites for hydroxylation is 1. The molecule has 2 unspecified atom stereocenters. The van der Waals surface area contributed by atoms with E-state index in [9.17, 15) is 13.2 Å².